The molecule has 0 aliphatic heterocycles. The molecule has 5 heteroatoms. The monoisotopic (exact) mass is 251 g/mol. The molecule has 0 heterocycles. The Morgan fingerprint density at radius 3 is 2.39 bits per heavy atom. The van der Waals surface area contributed by atoms with Crippen LogP contribution in [-0.2, 0) is 9.53 Å². The summed E-state index contributed by atoms with van der Waals surface area (Å²) in [6, 6.07) is 6.43. The number of amides is 1. The molecule has 5 nitrogen and oxygen atoms in total. The van der Waals surface area contributed by atoms with E-state index >= 15 is 0 Å². The normalized spacial score (nSPS) is 11.5. The van der Waals surface area contributed by atoms with Crippen LogP contribution in [0.1, 0.15) is 24.2 Å². The highest BCUT2D eigenvalue weighted by atomic mass is 16.5. The van der Waals surface area contributed by atoms with Crippen molar-refractivity contribution in [1.82, 2.24) is 5.32 Å². The summed E-state index contributed by atoms with van der Waals surface area (Å²) in [7, 11) is 1.32. The van der Waals surface area contributed by atoms with E-state index in [9.17, 15) is 9.59 Å². The summed E-state index contributed by atoms with van der Waals surface area (Å²) in [4.78, 5) is 22.7. The van der Waals surface area contributed by atoms with E-state index in [2.05, 4.69) is 10.1 Å². The highest BCUT2D eigenvalue weighted by molar-refractivity contribution is 5.89. The standard InChI is InChI=1S/C13H17NO4/c1-4-14-12(15)9(2)18-11-7-5-10(6-8-11)13(16)17-3/h5-9H,4H2,1-3H3,(H,14,15)/t9-/m1/s1. The molecule has 18 heavy (non-hydrogen) atoms. The number of methoxy groups -OCH3 is 1. The Morgan fingerprint density at radius 2 is 1.89 bits per heavy atom. The summed E-state index contributed by atoms with van der Waals surface area (Å²) in [6.07, 6.45) is -0.575. The van der Waals surface area contributed by atoms with Crippen LogP contribution < -0.4 is 10.1 Å². The summed E-state index contributed by atoms with van der Waals surface area (Å²) < 4.78 is 10.0. The first-order valence-electron chi connectivity index (χ1n) is 5.71. The summed E-state index contributed by atoms with van der Waals surface area (Å²) in [5.41, 5.74) is 0.440. The molecule has 1 atom stereocenters. The van der Waals surface area contributed by atoms with Crippen molar-refractivity contribution in [3.05, 3.63) is 29.8 Å². The number of carbonyl (C=O) groups is 2. The molecular weight excluding hydrogens is 234 g/mol. The molecule has 0 bridgehead atoms. The van der Waals surface area contributed by atoms with Gasteiger partial charge in [-0.2, -0.15) is 0 Å². The van der Waals surface area contributed by atoms with Crippen LogP contribution in [0.4, 0.5) is 0 Å². The van der Waals surface area contributed by atoms with E-state index in [4.69, 9.17) is 4.74 Å². The third-order valence-corrected chi connectivity index (χ3v) is 2.31. The number of nitrogens with one attached hydrogen (secondary N) is 1. The third kappa shape index (κ3) is 3.76. The minimum Gasteiger partial charge on any atom is -0.481 e. The summed E-state index contributed by atoms with van der Waals surface area (Å²) >= 11 is 0. The Morgan fingerprint density at radius 1 is 1.28 bits per heavy atom. The fourth-order valence-electron chi connectivity index (χ4n) is 1.36. The Kier molecular flexibility index (Phi) is 5.17. The lowest BCUT2D eigenvalue weighted by Gasteiger charge is -2.14. The number of ether oxygens (including phenoxy) is 2. The molecule has 0 spiro atoms. The highest BCUT2D eigenvalue weighted by Crippen LogP contribution is 2.14. The lowest BCUT2D eigenvalue weighted by atomic mass is 10.2. The average molecular weight is 251 g/mol. The van der Waals surface area contributed by atoms with Crippen LogP contribution >= 0.6 is 0 Å². The molecule has 0 aromatic heterocycles. The third-order valence-electron chi connectivity index (χ3n) is 2.31. The topological polar surface area (TPSA) is 64.6 Å². The van der Waals surface area contributed by atoms with Gasteiger partial charge in [-0.1, -0.05) is 0 Å². The summed E-state index contributed by atoms with van der Waals surface area (Å²) in [5, 5.41) is 2.67. The number of esters is 1. The van der Waals surface area contributed by atoms with Gasteiger partial charge in [0.05, 0.1) is 12.7 Å². The first kappa shape index (κ1) is 14.0. The Bertz CT molecular complexity index is 414. The zero-order chi connectivity index (χ0) is 13.5. The van der Waals surface area contributed by atoms with Crippen molar-refractivity contribution in [3.8, 4) is 5.75 Å². The van der Waals surface area contributed by atoms with Gasteiger partial charge in [-0.05, 0) is 38.1 Å². The smallest absolute Gasteiger partial charge is 0.337 e. The maximum atomic E-state index is 11.5. The number of benzene rings is 1. The van der Waals surface area contributed by atoms with Crippen molar-refractivity contribution in [3.63, 3.8) is 0 Å². The Hall–Kier alpha value is -2.04. The van der Waals surface area contributed by atoms with Gasteiger partial charge in [-0.15, -0.1) is 0 Å². The van der Waals surface area contributed by atoms with Gasteiger partial charge in [-0.3, -0.25) is 4.79 Å². The van der Waals surface area contributed by atoms with E-state index in [0.29, 0.717) is 17.9 Å². The van der Waals surface area contributed by atoms with Crippen molar-refractivity contribution < 1.29 is 19.1 Å². The largest absolute Gasteiger partial charge is 0.481 e. The first-order chi connectivity index (χ1) is 8.58. The predicted molar refractivity (Wildman–Crippen MR) is 66.6 cm³/mol. The zero-order valence-corrected chi connectivity index (χ0v) is 10.7. The second-order valence-electron chi connectivity index (χ2n) is 3.67. The molecule has 1 N–H and O–H groups in total. The maximum Gasteiger partial charge on any atom is 0.337 e. The van der Waals surface area contributed by atoms with E-state index in [1.54, 1.807) is 31.2 Å². The second kappa shape index (κ2) is 6.64. The number of carbonyl (C=O) groups excluding carboxylic acids is 2. The fraction of sp³-hybridized carbons (Fsp3) is 0.385. The number of hydrogen-bond acceptors (Lipinski definition) is 4. The molecule has 0 unspecified atom stereocenters. The van der Waals surface area contributed by atoms with E-state index in [1.807, 2.05) is 6.92 Å². The number of likely N-dealkylation sites (N-methyl/N-ethyl adjacent to an activating group) is 1. The molecule has 0 aliphatic rings. The molecule has 1 aromatic rings. The van der Waals surface area contributed by atoms with E-state index in [0.717, 1.165) is 0 Å². The second-order valence-corrected chi connectivity index (χ2v) is 3.67. The first-order valence-corrected chi connectivity index (χ1v) is 5.71. The van der Waals surface area contributed by atoms with Crippen LogP contribution in [0.2, 0.25) is 0 Å². The Labute approximate surface area is 106 Å². The van der Waals surface area contributed by atoms with Crippen molar-refractivity contribution >= 4 is 11.9 Å². The fourth-order valence-corrected chi connectivity index (χ4v) is 1.36. The zero-order valence-electron chi connectivity index (χ0n) is 10.7. The van der Waals surface area contributed by atoms with Gasteiger partial charge in [0.1, 0.15) is 5.75 Å². The minimum atomic E-state index is -0.575. The molecule has 1 amide bonds. The molecule has 1 rings (SSSR count). The van der Waals surface area contributed by atoms with Gasteiger partial charge in [0, 0.05) is 6.54 Å². The average Bonchev–Trinajstić information content (AvgIpc) is 2.39. The van der Waals surface area contributed by atoms with E-state index in [1.165, 1.54) is 7.11 Å². The number of hydrogen-bond donors (Lipinski definition) is 1. The highest BCUT2D eigenvalue weighted by Gasteiger charge is 2.13. The van der Waals surface area contributed by atoms with Gasteiger partial charge in [0.25, 0.3) is 5.91 Å². The van der Waals surface area contributed by atoms with Gasteiger partial charge in [0.2, 0.25) is 0 Å². The quantitative estimate of drug-likeness (QED) is 0.803. The van der Waals surface area contributed by atoms with Crippen molar-refractivity contribution in [2.45, 2.75) is 20.0 Å². The molecule has 0 radical (unpaired) electrons. The van der Waals surface area contributed by atoms with Crippen molar-refractivity contribution in [1.29, 1.82) is 0 Å². The molecule has 0 saturated heterocycles. The van der Waals surface area contributed by atoms with Crippen molar-refractivity contribution in [2.75, 3.05) is 13.7 Å². The van der Waals surface area contributed by atoms with E-state index < -0.39 is 12.1 Å². The molecule has 0 aliphatic carbocycles. The lowest BCUT2D eigenvalue weighted by molar-refractivity contribution is -0.127. The van der Waals surface area contributed by atoms with Crippen LogP contribution in [0, 0.1) is 0 Å². The lowest BCUT2D eigenvalue weighted by Crippen LogP contribution is -2.36. The summed E-state index contributed by atoms with van der Waals surface area (Å²) in [5.74, 6) is -0.0470. The molecule has 1 aromatic carbocycles. The van der Waals surface area contributed by atoms with Crippen LogP contribution in [0.3, 0.4) is 0 Å². The van der Waals surface area contributed by atoms with E-state index in [-0.39, 0.29) is 5.91 Å². The van der Waals surface area contributed by atoms with Gasteiger partial charge < -0.3 is 14.8 Å². The maximum absolute atomic E-state index is 11.5. The van der Waals surface area contributed by atoms with Crippen LogP contribution in [0.25, 0.3) is 0 Å². The summed E-state index contributed by atoms with van der Waals surface area (Å²) in [6.45, 7) is 4.07. The predicted octanol–water partition coefficient (Wildman–Crippen LogP) is 1.38. The Balaban J connectivity index is 2.63. The molecule has 0 fully saturated rings. The molecule has 98 valence electrons. The van der Waals surface area contributed by atoms with Crippen LogP contribution in [0.15, 0.2) is 24.3 Å². The SMILES string of the molecule is CCNC(=O)[C@@H](C)Oc1ccc(C(=O)OC)cc1. The van der Waals surface area contributed by atoms with Gasteiger partial charge in [-0.25, -0.2) is 4.79 Å². The van der Waals surface area contributed by atoms with Gasteiger partial charge >= 0.3 is 5.97 Å². The van der Waals surface area contributed by atoms with Crippen LogP contribution in [-0.4, -0.2) is 31.6 Å². The van der Waals surface area contributed by atoms with Crippen LogP contribution in [0.5, 0.6) is 5.75 Å². The number of rotatable bonds is 5. The van der Waals surface area contributed by atoms with Gasteiger partial charge in [0.15, 0.2) is 6.10 Å². The molecular formula is C13H17NO4. The molecule has 0 saturated carbocycles. The van der Waals surface area contributed by atoms with Crippen molar-refractivity contribution in [2.24, 2.45) is 0 Å². The minimum absolute atomic E-state index is 0.172.